The Bertz CT molecular complexity index is 874. The van der Waals surface area contributed by atoms with E-state index in [0.29, 0.717) is 12.1 Å². The molecule has 0 atom stereocenters. The van der Waals surface area contributed by atoms with Crippen molar-refractivity contribution in [2.75, 3.05) is 22.4 Å². The Kier molecular flexibility index (Phi) is 6.42. The summed E-state index contributed by atoms with van der Waals surface area (Å²) in [5, 5.41) is 2.83. The van der Waals surface area contributed by atoms with E-state index in [2.05, 4.69) is 5.32 Å². The zero-order chi connectivity index (χ0) is 19.3. The molecule has 0 spiro atoms. The molecule has 2 aromatic carbocycles. The number of amides is 1. The fourth-order valence-corrected chi connectivity index (χ4v) is 3.73. The summed E-state index contributed by atoms with van der Waals surface area (Å²) in [5.74, 6) is -0.122. The summed E-state index contributed by atoms with van der Waals surface area (Å²) in [6, 6.07) is 13.2. The molecule has 0 fully saturated rings. The van der Waals surface area contributed by atoms with Crippen molar-refractivity contribution in [3.63, 3.8) is 0 Å². The zero-order valence-electron chi connectivity index (χ0n) is 15.7. The molecule has 0 saturated carbocycles. The summed E-state index contributed by atoms with van der Waals surface area (Å²) in [6.45, 7) is 6.12. The number of nitrogens with one attached hydrogen (secondary N) is 1. The third-order valence-corrected chi connectivity index (χ3v) is 5.53. The number of hydrogen-bond acceptors (Lipinski definition) is 3. The molecule has 5 nitrogen and oxygen atoms in total. The average Bonchev–Trinajstić information content (AvgIpc) is 2.56. The first kappa shape index (κ1) is 20.0. The molecule has 2 aromatic rings. The second-order valence-electron chi connectivity index (χ2n) is 6.57. The minimum absolute atomic E-state index is 0.122. The SMILES string of the molecule is Cc1ccc(NC(=O)CCCN(c2cccc(C)c2C)S(C)(=O)=O)cc1. The van der Waals surface area contributed by atoms with Crippen LogP contribution in [0.1, 0.15) is 29.5 Å². The summed E-state index contributed by atoms with van der Waals surface area (Å²) >= 11 is 0. The van der Waals surface area contributed by atoms with E-state index in [9.17, 15) is 13.2 Å². The minimum atomic E-state index is -3.42. The highest BCUT2D eigenvalue weighted by Gasteiger charge is 2.19. The largest absolute Gasteiger partial charge is 0.326 e. The van der Waals surface area contributed by atoms with Gasteiger partial charge in [0.1, 0.15) is 0 Å². The molecule has 0 bridgehead atoms. The van der Waals surface area contributed by atoms with Gasteiger partial charge in [-0.05, 0) is 56.5 Å². The zero-order valence-corrected chi connectivity index (χ0v) is 16.6. The second-order valence-corrected chi connectivity index (χ2v) is 8.48. The number of sulfonamides is 1. The molecular weight excluding hydrogens is 348 g/mol. The predicted octanol–water partition coefficient (Wildman–Crippen LogP) is 3.80. The summed E-state index contributed by atoms with van der Waals surface area (Å²) < 4.78 is 25.8. The van der Waals surface area contributed by atoms with Crippen molar-refractivity contribution in [1.82, 2.24) is 0 Å². The molecule has 0 aliphatic rings. The number of nitrogens with zero attached hydrogens (tertiary/aromatic N) is 1. The van der Waals surface area contributed by atoms with Crippen molar-refractivity contribution in [3.8, 4) is 0 Å². The summed E-state index contributed by atoms with van der Waals surface area (Å²) in [5.41, 5.74) is 4.51. The van der Waals surface area contributed by atoms with E-state index < -0.39 is 10.0 Å². The lowest BCUT2D eigenvalue weighted by molar-refractivity contribution is -0.116. The highest BCUT2D eigenvalue weighted by atomic mass is 32.2. The molecule has 0 aromatic heterocycles. The molecule has 1 amide bonds. The van der Waals surface area contributed by atoms with Gasteiger partial charge in [-0.1, -0.05) is 29.8 Å². The highest BCUT2D eigenvalue weighted by molar-refractivity contribution is 7.92. The maximum absolute atomic E-state index is 12.2. The second kappa shape index (κ2) is 8.36. The van der Waals surface area contributed by atoms with Gasteiger partial charge in [-0.25, -0.2) is 8.42 Å². The Morgan fingerprint density at radius 1 is 1.04 bits per heavy atom. The van der Waals surface area contributed by atoms with Crippen LogP contribution in [0.5, 0.6) is 0 Å². The van der Waals surface area contributed by atoms with Crippen LogP contribution in [0, 0.1) is 20.8 Å². The molecule has 0 saturated heterocycles. The lowest BCUT2D eigenvalue weighted by atomic mass is 10.1. The van der Waals surface area contributed by atoms with Gasteiger partial charge in [0.2, 0.25) is 15.9 Å². The fourth-order valence-electron chi connectivity index (χ4n) is 2.71. The molecule has 140 valence electrons. The summed E-state index contributed by atoms with van der Waals surface area (Å²) in [6.07, 6.45) is 1.89. The van der Waals surface area contributed by atoms with Gasteiger partial charge in [0.05, 0.1) is 11.9 Å². The first-order chi connectivity index (χ1) is 12.2. The van der Waals surface area contributed by atoms with Gasteiger partial charge < -0.3 is 5.32 Å². The lowest BCUT2D eigenvalue weighted by Crippen LogP contribution is -2.32. The topological polar surface area (TPSA) is 66.5 Å². The van der Waals surface area contributed by atoms with Crippen LogP contribution in [0.4, 0.5) is 11.4 Å². The van der Waals surface area contributed by atoms with Crippen molar-refractivity contribution in [3.05, 3.63) is 59.2 Å². The van der Waals surface area contributed by atoms with Gasteiger partial charge in [0.15, 0.2) is 0 Å². The van der Waals surface area contributed by atoms with E-state index in [1.165, 1.54) is 10.6 Å². The Morgan fingerprint density at radius 2 is 1.69 bits per heavy atom. The van der Waals surface area contributed by atoms with Gasteiger partial charge in [-0.3, -0.25) is 9.10 Å². The molecule has 0 unspecified atom stereocenters. The van der Waals surface area contributed by atoms with Crippen molar-refractivity contribution in [2.45, 2.75) is 33.6 Å². The number of anilines is 2. The van der Waals surface area contributed by atoms with Gasteiger partial charge >= 0.3 is 0 Å². The first-order valence-corrected chi connectivity index (χ1v) is 10.4. The number of rotatable bonds is 7. The van der Waals surface area contributed by atoms with Gasteiger partial charge in [0, 0.05) is 18.7 Å². The first-order valence-electron chi connectivity index (χ1n) is 8.59. The number of benzene rings is 2. The molecule has 0 heterocycles. The van der Waals surface area contributed by atoms with Crippen molar-refractivity contribution in [2.24, 2.45) is 0 Å². The Labute approximate surface area is 156 Å². The van der Waals surface area contributed by atoms with Gasteiger partial charge in [-0.15, -0.1) is 0 Å². The van der Waals surface area contributed by atoms with E-state index in [0.717, 1.165) is 22.4 Å². The minimum Gasteiger partial charge on any atom is -0.326 e. The van der Waals surface area contributed by atoms with Crippen LogP contribution in [0.25, 0.3) is 0 Å². The summed E-state index contributed by atoms with van der Waals surface area (Å²) in [4.78, 5) is 12.1. The van der Waals surface area contributed by atoms with E-state index in [1.54, 1.807) is 6.07 Å². The Morgan fingerprint density at radius 3 is 2.31 bits per heavy atom. The predicted molar refractivity (Wildman–Crippen MR) is 107 cm³/mol. The Hall–Kier alpha value is -2.34. The fraction of sp³-hybridized carbons (Fsp3) is 0.350. The van der Waals surface area contributed by atoms with E-state index in [-0.39, 0.29) is 18.9 Å². The van der Waals surface area contributed by atoms with E-state index in [4.69, 9.17) is 0 Å². The number of carbonyl (C=O) groups excluding carboxylic acids is 1. The highest BCUT2D eigenvalue weighted by Crippen LogP contribution is 2.25. The summed E-state index contributed by atoms with van der Waals surface area (Å²) in [7, 11) is -3.42. The quantitative estimate of drug-likeness (QED) is 0.802. The molecule has 26 heavy (non-hydrogen) atoms. The molecule has 6 heteroatoms. The van der Waals surface area contributed by atoms with Crippen LogP contribution in [-0.4, -0.2) is 27.1 Å². The molecule has 0 aliphatic carbocycles. The maximum atomic E-state index is 12.2. The van der Waals surface area contributed by atoms with Crippen LogP contribution < -0.4 is 9.62 Å². The molecular formula is C20H26N2O3S. The third kappa shape index (κ3) is 5.33. The van der Waals surface area contributed by atoms with Gasteiger partial charge in [-0.2, -0.15) is 0 Å². The standard InChI is InChI=1S/C20H26N2O3S/c1-15-10-12-18(13-11-15)21-20(23)9-6-14-22(26(4,24)25)19-8-5-7-16(2)17(19)3/h5,7-8,10-13H,6,9,14H2,1-4H3,(H,21,23). The average molecular weight is 375 g/mol. The van der Waals surface area contributed by atoms with Crippen LogP contribution in [-0.2, 0) is 14.8 Å². The van der Waals surface area contributed by atoms with E-state index >= 15 is 0 Å². The van der Waals surface area contributed by atoms with Crippen molar-refractivity contribution >= 4 is 27.3 Å². The lowest BCUT2D eigenvalue weighted by Gasteiger charge is -2.24. The number of aryl methyl sites for hydroxylation is 2. The van der Waals surface area contributed by atoms with Crippen molar-refractivity contribution in [1.29, 1.82) is 0 Å². The smallest absolute Gasteiger partial charge is 0.232 e. The van der Waals surface area contributed by atoms with Crippen LogP contribution >= 0.6 is 0 Å². The Balaban J connectivity index is 2.01. The molecule has 2 rings (SSSR count). The normalized spacial score (nSPS) is 11.2. The van der Waals surface area contributed by atoms with Gasteiger partial charge in [0.25, 0.3) is 0 Å². The third-order valence-electron chi connectivity index (χ3n) is 4.35. The molecule has 0 aliphatic heterocycles. The van der Waals surface area contributed by atoms with E-state index in [1.807, 2.05) is 57.2 Å². The van der Waals surface area contributed by atoms with Crippen LogP contribution in [0.2, 0.25) is 0 Å². The van der Waals surface area contributed by atoms with Crippen molar-refractivity contribution < 1.29 is 13.2 Å². The monoisotopic (exact) mass is 374 g/mol. The van der Waals surface area contributed by atoms with Crippen LogP contribution in [0.15, 0.2) is 42.5 Å². The molecule has 0 radical (unpaired) electrons. The maximum Gasteiger partial charge on any atom is 0.232 e. The van der Waals surface area contributed by atoms with Crippen LogP contribution in [0.3, 0.4) is 0 Å². The number of hydrogen-bond donors (Lipinski definition) is 1. The number of carbonyl (C=O) groups is 1. The molecule has 1 N–H and O–H groups in total.